The third-order valence-corrected chi connectivity index (χ3v) is 10.8. The summed E-state index contributed by atoms with van der Waals surface area (Å²) in [5.74, 6) is 1.39. The van der Waals surface area contributed by atoms with Crippen LogP contribution in [0.1, 0.15) is 76.0 Å². The van der Waals surface area contributed by atoms with E-state index in [1.807, 2.05) is 0 Å². The maximum absolute atomic E-state index is 2.55. The van der Waals surface area contributed by atoms with Crippen LogP contribution in [0.3, 0.4) is 0 Å². The SMILES string of the molecule is CC(C)c1ccc2cc3c(cc2c1)c1cc(-c2cc(-c4ccccc4)ccc2C(C)C)cc2c4cc5cc(C(C)C)ccc5cc4n3c12. The van der Waals surface area contributed by atoms with E-state index in [1.165, 1.54) is 98.6 Å². The molecule has 0 aliphatic rings. The summed E-state index contributed by atoms with van der Waals surface area (Å²) in [6.07, 6.45) is 0. The highest BCUT2D eigenvalue weighted by Crippen LogP contribution is 2.45. The third-order valence-electron chi connectivity index (χ3n) is 10.8. The third kappa shape index (κ3) is 4.37. The molecule has 0 fully saturated rings. The molecule has 9 aromatic rings. The van der Waals surface area contributed by atoms with Crippen molar-refractivity contribution in [2.24, 2.45) is 0 Å². The molecule has 9 rings (SSSR count). The molecule has 0 saturated heterocycles. The summed E-state index contributed by atoms with van der Waals surface area (Å²) in [5, 5.41) is 10.5. The van der Waals surface area contributed by atoms with Gasteiger partial charge in [0.05, 0.1) is 16.6 Å². The zero-order chi connectivity index (χ0) is 32.8. The fraction of sp³-hybridized carbons (Fsp3) is 0.191. The second-order valence-electron chi connectivity index (χ2n) is 14.8. The number of benzene rings is 7. The Balaban J connectivity index is 1.42. The minimum absolute atomic E-state index is 0.402. The van der Waals surface area contributed by atoms with Gasteiger partial charge in [-0.05, 0) is 121 Å². The van der Waals surface area contributed by atoms with Crippen LogP contribution >= 0.6 is 0 Å². The van der Waals surface area contributed by atoms with Crippen molar-refractivity contribution in [3.63, 3.8) is 0 Å². The summed E-state index contributed by atoms with van der Waals surface area (Å²) in [7, 11) is 0. The number of hydrogen-bond acceptors (Lipinski definition) is 0. The van der Waals surface area contributed by atoms with E-state index in [9.17, 15) is 0 Å². The Morgan fingerprint density at radius 3 is 1.48 bits per heavy atom. The number of hydrogen-bond donors (Lipinski definition) is 0. The normalized spacial score (nSPS) is 12.5. The molecule has 0 aliphatic heterocycles. The Bertz CT molecular complexity index is 2550. The molecule has 0 atom stereocenters. The molecule has 2 heterocycles. The van der Waals surface area contributed by atoms with Gasteiger partial charge in [0.15, 0.2) is 0 Å². The topological polar surface area (TPSA) is 4.41 Å². The Kier molecular flexibility index (Phi) is 6.47. The minimum atomic E-state index is 0.402. The molecule has 7 aromatic carbocycles. The van der Waals surface area contributed by atoms with Gasteiger partial charge in [-0.1, -0.05) is 120 Å². The number of fused-ring (bicyclic) bond motifs is 8. The number of nitrogens with zero attached hydrogens (tertiary/aromatic N) is 1. The lowest BCUT2D eigenvalue weighted by Crippen LogP contribution is -1.94. The standard InChI is InChI=1S/C47H41N/c1-27(2)31-12-14-34-25-45-41(21-36(34)18-31)43-23-38(40-20-33(16-17-39(40)29(5)6)30-10-8-7-9-11-30)24-44-42-22-37-19-32(28(3)4)13-15-35(37)26-46(42)48(45)47(43)44/h7-29H,1-6H3. The summed E-state index contributed by atoms with van der Waals surface area (Å²) in [4.78, 5) is 0. The highest BCUT2D eigenvalue weighted by Gasteiger charge is 2.22. The summed E-state index contributed by atoms with van der Waals surface area (Å²) in [6.45, 7) is 13.8. The van der Waals surface area contributed by atoms with Gasteiger partial charge in [0.1, 0.15) is 0 Å². The molecule has 0 bridgehead atoms. The van der Waals surface area contributed by atoms with E-state index in [0.29, 0.717) is 17.8 Å². The predicted octanol–water partition coefficient (Wildman–Crippen LogP) is 13.8. The van der Waals surface area contributed by atoms with E-state index < -0.39 is 0 Å². The maximum Gasteiger partial charge on any atom is 0.0620 e. The predicted molar refractivity (Wildman–Crippen MR) is 209 cm³/mol. The van der Waals surface area contributed by atoms with Crippen LogP contribution in [0, 0.1) is 0 Å². The first kappa shape index (κ1) is 29.0. The summed E-state index contributed by atoms with van der Waals surface area (Å²) >= 11 is 0. The van der Waals surface area contributed by atoms with Gasteiger partial charge < -0.3 is 4.40 Å². The molecule has 1 nitrogen and oxygen atoms in total. The van der Waals surface area contributed by atoms with Crippen LogP contribution in [0.5, 0.6) is 0 Å². The summed E-state index contributed by atoms with van der Waals surface area (Å²) < 4.78 is 2.55. The van der Waals surface area contributed by atoms with Crippen molar-refractivity contribution < 1.29 is 0 Å². The van der Waals surface area contributed by atoms with E-state index >= 15 is 0 Å². The van der Waals surface area contributed by atoms with Crippen LogP contribution in [0.25, 0.3) is 81.9 Å². The first-order valence-electron chi connectivity index (χ1n) is 17.6. The molecule has 0 N–H and O–H groups in total. The molecular formula is C47H41N. The largest absolute Gasteiger partial charge is 0.308 e. The fourth-order valence-corrected chi connectivity index (χ4v) is 8.06. The van der Waals surface area contributed by atoms with Crippen molar-refractivity contribution in [1.82, 2.24) is 4.40 Å². The Morgan fingerprint density at radius 1 is 0.396 bits per heavy atom. The van der Waals surface area contributed by atoms with Gasteiger partial charge in [-0.2, -0.15) is 0 Å². The summed E-state index contributed by atoms with van der Waals surface area (Å²) in [5.41, 5.74) is 13.2. The molecule has 0 radical (unpaired) electrons. The average molecular weight is 620 g/mol. The fourth-order valence-electron chi connectivity index (χ4n) is 8.06. The van der Waals surface area contributed by atoms with Crippen LogP contribution in [-0.2, 0) is 0 Å². The molecule has 0 amide bonds. The van der Waals surface area contributed by atoms with E-state index in [1.54, 1.807) is 0 Å². The molecule has 2 aromatic heterocycles. The molecule has 0 saturated carbocycles. The lowest BCUT2D eigenvalue weighted by atomic mass is 9.88. The zero-order valence-corrected chi connectivity index (χ0v) is 28.7. The summed E-state index contributed by atoms with van der Waals surface area (Å²) in [6, 6.07) is 46.6. The van der Waals surface area contributed by atoms with E-state index in [0.717, 1.165) is 0 Å². The minimum Gasteiger partial charge on any atom is -0.308 e. The van der Waals surface area contributed by atoms with Crippen LogP contribution in [-0.4, -0.2) is 4.40 Å². The van der Waals surface area contributed by atoms with Crippen LogP contribution in [0.2, 0.25) is 0 Å². The van der Waals surface area contributed by atoms with Crippen molar-refractivity contribution in [1.29, 1.82) is 0 Å². The van der Waals surface area contributed by atoms with E-state index in [4.69, 9.17) is 0 Å². The molecule has 0 unspecified atom stereocenters. The first-order chi connectivity index (χ1) is 23.2. The lowest BCUT2D eigenvalue weighted by Gasteiger charge is -2.16. The molecule has 48 heavy (non-hydrogen) atoms. The van der Waals surface area contributed by atoms with Crippen molar-refractivity contribution in [2.75, 3.05) is 0 Å². The average Bonchev–Trinajstić information content (AvgIpc) is 3.59. The lowest BCUT2D eigenvalue weighted by molar-refractivity contribution is 0.869. The molecule has 0 aliphatic carbocycles. The van der Waals surface area contributed by atoms with Crippen LogP contribution < -0.4 is 0 Å². The Morgan fingerprint density at radius 2 is 0.958 bits per heavy atom. The second kappa shape index (κ2) is 10.7. The van der Waals surface area contributed by atoms with Gasteiger partial charge >= 0.3 is 0 Å². The van der Waals surface area contributed by atoms with Crippen molar-refractivity contribution in [3.05, 3.63) is 138 Å². The van der Waals surface area contributed by atoms with Gasteiger partial charge in [-0.3, -0.25) is 0 Å². The quantitative estimate of drug-likeness (QED) is 0.181. The molecular weight excluding hydrogens is 579 g/mol. The molecule has 1 heteroatoms. The first-order valence-corrected chi connectivity index (χ1v) is 17.6. The highest BCUT2D eigenvalue weighted by molar-refractivity contribution is 6.27. The Hall–Kier alpha value is -5.14. The van der Waals surface area contributed by atoms with Gasteiger partial charge in [-0.15, -0.1) is 0 Å². The smallest absolute Gasteiger partial charge is 0.0620 e. The van der Waals surface area contributed by atoms with Crippen molar-refractivity contribution in [3.8, 4) is 22.3 Å². The Labute approximate surface area is 282 Å². The van der Waals surface area contributed by atoms with Crippen LogP contribution in [0.4, 0.5) is 0 Å². The maximum atomic E-state index is 2.55. The molecule has 0 spiro atoms. The highest BCUT2D eigenvalue weighted by atomic mass is 14.9. The number of aromatic nitrogens is 1. The zero-order valence-electron chi connectivity index (χ0n) is 28.7. The van der Waals surface area contributed by atoms with Gasteiger partial charge in [0, 0.05) is 21.5 Å². The van der Waals surface area contributed by atoms with Crippen molar-refractivity contribution >= 4 is 59.6 Å². The van der Waals surface area contributed by atoms with Gasteiger partial charge in [-0.25, -0.2) is 0 Å². The number of rotatable bonds is 5. The monoisotopic (exact) mass is 619 g/mol. The van der Waals surface area contributed by atoms with Gasteiger partial charge in [0.2, 0.25) is 0 Å². The van der Waals surface area contributed by atoms with E-state index in [2.05, 4.69) is 167 Å². The van der Waals surface area contributed by atoms with E-state index in [-0.39, 0.29) is 0 Å². The van der Waals surface area contributed by atoms with Crippen LogP contribution in [0.15, 0.2) is 121 Å². The molecule has 234 valence electrons. The van der Waals surface area contributed by atoms with Gasteiger partial charge in [0.25, 0.3) is 0 Å². The van der Waals surface area contributed by atoms with Crippen molar-refractivity contribution in [2.45, 2.75) is 59.3 Å². The second-order valence-corrected chi connectivity index (χ2v) is 14.8.